The molecule has 1 saturated carbocycles. The number of fused-ring (bicyclic) bond motifs is 2. The molecule has 4 aliphatic rings. The largest absolute Gasteiger partial charge is 0.359 e. The summed E-state index contributed by atoms with van der Waals surface area (Å²) in [5, 5.41) is 15.4. The molecule has 1 aliphatic carbocycles. The van der Waals surface area contributed by atoms with Crippen LogP contribution in [0.2, 0.25) is 0 Å². The zero-order valence-electron chi connectivity index (χ0n) is 23.7. The highest BCUT2D eigenvalue weighted by Gasteiger charge is 2.52. The number of aryl methyl sites for hydroxylation is 1. The van der Waals surface area contributed by atoms with Crippen LogP contribution in [0.1, 0.15) is 48.9 Å². The summed E-state index contributed by atoms with van der Waals surface area (Å²) in [5.41, 5.74) is 4.89. The molecule has 4 heterocycles. The van der Waals surface area contributed by atoms with Gasteiger partial charge in [0.25, 0.3) is 0 Å². The van der Waals surface area contributed by atoms with Crippen LogP contribution >= 0.6 is 0 Å². The Balaban J connectivity index is 1.36. The summed E-state index contributed by atoms with van der Waals surface area (Å²) >= 11 is 0. The predicted molar refractivity (Wildman–Crippen MR) is 159 cm³/mol. The molecule has 0 radical (unpaired) electrons. The number of benzene rings is 2. The number of nitrogens with one attached hydrogen (secondary N) is 1. The Labute approximate surface area is 236 Å². The molecule has 2 saturated heterocycles. The van der Waals surface area contributed by atoms with Crippen molar-refractivity contribution in [2.24, 2.45) is 0 Å². The van der Waals surface area contributed by atoms with Gasteiger partial charge in [-0.05, 0) is 63.2 Å². The number of nitriles is 1. The third kappa shape index (κ3) is 4.27. The molecule has 208 valence electrons. The highest BCUT2D eigenvalue weighted by molar-refractivity contribution is 5.97. The summed E-state index contributed by atoms with van der Waals surface area (Å²) < 4.78 is 2.01. The second-order valence-electron chi connectivity index (χ2n) is 12.4. The van der Waals surface area contributed by atoms with E-state index in [1.54, 1.807) is 0 Å². The molecular weight excluding hydrogens is 498 g/mol. The lowest BCUT2D eigenvalue weighted by Gasteiger charge is -2.43. The van der Waals surface area contributed by atoms with Crippen LogP contribution < -0.4 is 20.8 Å². The van der Waals surface area contributed by atoms with Crippen molar-refractivity contribution in [3.8, 4) is 6.07 Å². The number of hydrogen-bond donors (Lipinski definition) is 1. The molecule has 3 aliphatic heterocycles. The van der Waals surface area contributed by atoms with Crippen LogP contribution in [0.3, 0.4) is 0 Å². The van der Waals surface area contributed by atoms with E-state index in [2.05, 4.69) is 76.5 Å². The highest BCUT2D eigenvalue weighted by Crippen LogP contribution is 2.52. The normalized spacial score (nSPS) is 23.9. The van der Waals surface area contributed by atoms with Gasteiger partial charge in [-0.25, -0.2) is 4.79 Å². The summed E-state index contributed by atoms with van der Waals surface area (Å²) in [6.45, 7) is 7.01. The lowest BCUT2D eigenvalue weighted by atomic mass is 9.92. The first-order chi connectivity index (χ1) is 19.5. The maximum atomic E-state index is 13.9. The van der Waals surface area contributed by atoms with Crippen molar-refractivity contribution in [2.75, 3.05) is 43.0 Å². The molecule has 2 aromatic carbocycles. The van der Waals surface area contributed by atoms with Gasteiger partial charge in [0.15, 0.2) is 0 Å². The predicted octanol–water partition coefficient (Wildman–Crippen LogP) is 3.59. The first-order valence-corrected chi connectivity index (χ1v) is 14.9. The molecule has 3 fully saturated rings. The van der Waals surface area contributed by atoms with Gasteiger partial charge in [0, 0.05) is 72.6 Å². The Hall–Kier alpha value is -3.41. The van der Waals surface area contributed by atoms with E-state index in [1.807, 2.05) is 4.57 Å². The maximum Gasteiger partial charge on any atom is 0.349 e. The fraction of sp³-hybridized carbons (Fsp3) is 0.531. The van der Waals surface area contributed by atoms with Gasteiger partial charge in [-0.2, -0.15) is 10.2 Å². The summed E-state index contributed by atoms with van der Waals surface area (Å²) in [7, 11) is 2.18. The minimum Gasteiger partial charge on any atom is -0.359 e. The van der Waals surface area contributed by atoms with E-state index in [0.717, 1.165) is 63.4 Å². The lowest BCUT2D eigenvalue weighted by molar-refractivity contribution is 0.274. The SMILES string of the molecule is Cc1cccc2cccc(N3Cc4c(c(N5CCN[C@@H](CC#N)C5)nc(=O)n4C[C@@H]4CCCN4C)CC34CC4)c12. The standard InChI is InChI=1S/C32H39N7O/c1-22-6-3-7-23-8-4-10-27(29(22)23)39-21-28-26(18-32(39)12-13-32)30(37-17-15-34-24(19-37)11-14-33)35-31(40)38(28)20-25-9-5-16-36(25)2/h3-4,6-8,10,24-25,34H,5,9,11-13,15-21H2,1-2H3/t24-,25-/m0/s1. The van der Waals surface area contributed by atoms with Gasteiger partial charge in [0.05, 0.1) is 19.0 Å². The first kappa shape index (κ1) is 25.6. The van der Waals surface area contributed by atoms with Crippen molar-refractivity contribution in [1.29, 1.82) is 5.26 Å². The topological polar surface area (TPSA) is 80.4 Å². The Morgan fingerprint density at radius 1 is 1.18 bits per heavy atom. The van der Waals surface area contributed by atoms with Crippen molar-refractivity contribution in [1.82, 2.24) is 19.8 Å². The van der Waals surface area contributed by atoms with Crippen LogP contribution in [0.4, 0.5) is 11.5 Å². The van der Waals surface area contributed by atoms with E-state index >= 15 is 0 Å². The molecule has 1 spiro atoms. The number of piperazine rings is 1. The van der Waals surface area contributed by atoms with E-state index < -0.39 is 0 Å². The Bertz CT molecular complexity index is 1550. The number of anilines is 2. The molecule has 1 N–H and O–H groups in total. The molecule has 7 rings (SSSR count). The van der Waals surface area contributed by atoms with E-state index in [1.165, 1.54) is 34.0 Å². The van der Waals surface area contributed by atoms with E-state index in [-0.39, 0.29) is 17.3 Å². The molecule has 1 aromatic heterocycles. The Kier molecular flexibility index (Phi) is 6.32. The monoisotopic (exact) mass is 537 g/mol. The van der Waals surface area contributed by atoms with Crippen molar-refractivity contribution < 1.29 is 0 Å². The zero-order chi connectivity index (χ0) is 27.4. The molecule has 0 unspecified atom stereocenters. The summed E-state index contributed by atoms with van der Waals surface area (Å²) in [6.07, 6.45) is 5.95. The minimum absolute atomic E-state index is 0.0620. The molecule has 0 bridgehead atoms. The number of likely N-dealkylation sites (tertiary alicyclic amines) is 1. The van der Waals surface area contributed by atoms with Crippen molar-refractivity contribution in [3.05, 3.63) is 63.7 Å². The van der Waals surface area contributed by atoms with Crippen LogP contribution in [0.15, 0.2) is 41.2 Å². The summed E-state index contributed by atoms with van der Waals surface area (Å²) in [5.74, 6) is 0.862. The van der Waals surface area contributed by atoms with Crippen molar-refractivity contribution in [2.45, 2.75) is 76.2 Å². The second kappa shape index (κ2) is 9.90. The van der Waals surface area contributed by atoms with Gasteiger partial charge >= 0.3 is 5.69 Å². The second-order valence-corrected chi connectivity index (χ2v) is 12.4. The van der Waals surface area contributed by atoms with Crippen LogP contribution in [-0.2, 0) is 19.5 Å². The Morgan fingerprint density at radius 2 is 2.00 bits per heavy atom. The quantitative estimate of drug-likeness (QED) is 0.533. The van der Waals surface area contributed by atoms with Crippen LogP contribution in [0, 0.1) is 18.3 Å². The molecule has 0 amide bonds. The number of nitrogens with zero attached hydrogens (tertiary/aromatic N) is 6. The van der Waals surface area contributed by atoms with E-state index in [4.69, 9.17) is 4.98 Å². The average molecular weight is 538 g/mol. The Morgan fingerprint density at radius 3 is 2.75 bits per heavy atom. The fourth-order valence-corrected chi connectivity index (χ4v) is 7.53. The van der Waals surface area contributed by atoms with Gasteiger partial charge in [0.1, 0.15) is 5.82 Å². The smallest absolute Gasteiger partial charge is 0.349 e. The van der Waals surface area contributed by atoms with Gasteiger partial charge in [-0.15, -0.1) is 0 Å². The van der Waals surface area contributed by atoms with Gasteiger partial charge in [0.2, 0.25) is 0 Å². The van der Waals surface area contributed by atoms with Crippen molar-refractivity contribution >= 4 is 22.3 Å². The number of rotatable bonds is 5. The first-order valence-electron chi connectivity index (χ1n) is 14.9. The summed E-state index contributed by atoms with van der Waals surface area (Å²) in [6, 6.07) is 16.0. The van der Waals surface area contributed by atoms with Crippen molar-refractivity contribution in [3.63, 3.8) is 0 Å². The number of aromatic nitrogens is 2. The van der Waals surface area contributed by atoms with Gasteiger partial charge in [-0.3, -0.25) is 4.57 Å². The molecule has 40 heavy (non-hydrogen) atoms. The summed E-state index contributed by atoms with van der Waals surface area (Å²) in [4.78, 5) is 26.0. The highest BCUT2D eigenvalue weighted by atomic mass is 16.1. The molecule has 2 atom stereocenters. The maximum absolute atomic E-state index is 13.9. The fourth-order valence-electron chi connectivity index (χ4n) is 7.53. The zero-order valence-corrected chi connectivity index (χ0v) is 23.7. The van der Waals surface area contributed by atoms with Gasteiger partial charge in [-0.1, -0.05) is 30.3 Å². The lowest BCUT2D eigenvalue weighted by Crippen LogP contribution is -2.53. The molecule has 8 heteroatoms. The van der Waals surface area contributed by atoms with E-state index in [0.29, 0.717) is 25.6 Å². The average Bonchev–Trinajstić information content (AvgIpc) is 3.60. The van der Waals surface area contributed by atoms with Crippen LogP contribution in [-0.4, -0.2) is 65.3 Å². The third-order valence-electron chi connectivity index (χ3n) is 9.93. The van der Waals surface area contributed by atoms with Crippen LogP contribution in [0.25, 0.3) is 10.8 Å². The third-order valence-corrected chi connectivity index (χ3v) is 9.93. The van der Waals surface area contributed by atoms with Gasteiger partial charge < -0.3 is 20.0 Å². The molecule has 8 nitrogen and oxygen atoms in total. The number of likely N-dealkylation sites (N-methyl/N-ethyl adjacent to an activating group) is 1. The molecular formula is C32H39N7O. The van der Waals surface area contributed by atoms with E-state index in [9.17, 15) is 10.1 Å². The number of hydrogen-bond acceptors (Lipinski definition) is 7. The molecule has 3 aromatic rings. The van der Waals surface area contributed by atoms with Crippen LogP contribution in [0.5, 0.6) is 0 Å². The minimum atomic E-state index is -0.134.